The molecule has 0 aliphatic rings. The fraction of sp³-hybridized carbons (Fsp3) is 0.423. The maximum absolute atomic E-state index is 12.3. The zero-order valence-corrected chi connectivity index (χ0v) is 20.6. The zero-order valence-electron chi connectivity index (χ0n) is 20.6. The maximum Gasteiger partial charge on any atom is 0.276 e. The number of hydrazine groups is 1. The molecular weight excluding hydrogens is 418 g/mol. The minimum absolute atomic E-state index is 0.0000178. The van der Waals surface area contributed by atoms with E-state index in [1.165, 1.54) is 5.56 Å². The van der Waals surface area contributed by atoms with Gasteiger partial charge in [0.2, 0.25) is 5.91 Å². The predicted octanol–water partition coefficient (Wildman–Crippen LogP) is 4.47. The van der Waals surface area contributed by atoms with Crippen LogP contribution >= 0.6 is 0 Å². The van der Waals surface area contributed by atoms with E-state index in [1.807, 2.05) is 12.1 Å². The van der Waals surface area contributed by atoms with Crippen LogP contribution < -0.4 is 20.9 Å². The van der Waals surface area contributed by atoms with E-state index in [2.05, 4.69) is 63.8 Å². The second-order valence-corrected chi connectivity index (χ2v) is 9.98. The van der Waals surface area contributed by atoms with Crippen molar-refractivity contribution in [2.24, 2.45) is 0 Å². The third-order valence-electron chi connectivity index (χ3n) is 5.08. The molecule has 0 atom stereocenters. The lowest BCUT2D eigenvalue weighted by molar-refractivity contribution is -0.123. The summed E-state index contributed by atoms with van der Waals surface area (Å²) in [5.41, 5.74) is 7.73. The van der Waals surface area contributed by atoms with Gasteiger partial charge in [-0.15, -0.1) is 0 Å². The molecule has 0 unspecified atom stereocenters. The van der Waals surface area contributed by atoms with E-state index in [-0.39, 0.29) is 23.3 Å². The predicted molar refractivity (Wildman–Crippen MR) is 130 cm³/mol. The average Bonchev–Trinajstić information content (AvgIpc) is 2.75. The molecule has 7 nitrogen and oxygen atoms in total. The summed E-state index contributed by atoms with van der Waals surface area (Å²) in [4.78, 5) is 36.0. The van der Waals surface area contributed by atoms with E-state index in [0.717, 1.165) is 5.56 Å². The summed E-state index contributed by atoms with van der Waals surface area (Å²) in [6.45, 7) is 14.3. The van der Waals surface area contributed by atoms with Gasteiger partial charge in [0.25, 0.3) is 11.8 Å². The van der Waals surface area contributed by atoms with Crippen LogP contribution in [-0.4, -0.2) is 24.3 Å². The first-order valence-corrected chi connectivity index (χ1v) is 11.1. The van der Waals surface area contributed by atoms with E-state index in [4.69, 9.17) is 4.74 Å². The monoisotopic (exact) mass is 453 g/mol. The quantitative estimate of drug-likeness (QED) is 0.562. The Balaban J connectivity index is 1.95. The molecule has 0 spiro atoms. The number of carbonyl (C=O) groups excluding carboxylic acids is 3. The van der Waals surface area contributed by atoms with E-state index in [1.54, 1.807) is 31.2 Å². The molecule has 0 saturated carbocycles. The van der Waals surface area contributed by atoms with Gasteiger partial charge >= 0.3 is 0 Å². The molecule has 178 valence electrons. The normalized spacial score (nSPS) is 11.5. The van der Waals surface area contributed by atoms with Gasteiger partial charge in [0.15, 0.2) is 6.61 Å². The number of ether oxygens (including phenoxy) is 1. The van der Waals surface area contributed by atoms with Crippen LogP contribution in [0.2, 0.25) is 0 Å². The Hall–Kier alpha value is -3.35. The highest BCUT2D eigenvalue weighted by atomic mass is 16.5. The van der Waals surface area contributed by atoms with Crippen molar-refractivity contribution >= 4 is 23.4 Å². The van der Waals surface area contributed by atoms with Gasteiger partial charge in [-0.1, -0.05) is 60.6 Å². The number of anilines is 1. The van der Waals surface area contributed by atoms with Crippen molar-refractivity contribution in [1.82, 2.24) is 10.9 Å². The molecule has 3 N–H and O–H groups in total. The van der Waals surface area contributed by atoms with E-state index in [0.29, 0.717) is 23.4 Å². The molecule has 7 heteroatoms. The Morgan fingerprint density at radius 3 is 2.00 bits per heavy atom. The summed E-state index contributed by atoms with van der Waals surface area (Å²) in [5, 5.41) is 2.71. The van der Waals surface area contributed by atoms with Crippen molar-refractivity contribution in [3.63, 3.8) is 0 Å². The molecule has 0 aliphatic heterocycles. The van der Waals surface area contributed by atoms with Gasteiger partial charge in [0.1, 0.15) is 5.75 Å². The molecule has 2 rings (SSSR count). The Labute approximate surface area is 196 Å². The fourth-order valence-corrected chi connectivity index (χ4v) is 3.04. The Kier molecular flexibility index (Phi) is 8.25. The molecule has 0 bridgehead atoms. The first-order chi connectivity index (χ1) is 15.3. The number of carbonyl (C=O) groups is 3. The third kappa shape index (κ3) is 7.63. The largest absolute Gasteiger partial charge is 0.483 e. The third-order valence-corrected chi connectivity index (χ3v) is 5.08. The second kappa shape index (κ2) is 10.5. The minimum atomic E-state index is -0.477. The fourth-order valence-electron chi connectivity index (χ4n) is 3.04. The van der Waals surface area contributed by atoms with Crippen LogP contribution in [0.1, 0.15) is 76.4 Å². The van der Waals surface area contributed by atoms with Crippen molar-refractivity contribution in [1.29, 1.82) is 0 Å². The molecule has 33 heavy (non-hydrogen) atoms. The molecule has 0 fully saturated rings. The highest BCUT2D eigenvalue weighted by Gasteiger charge is 2.23. The van der Waals surface area contributed by atoms with E-state index < -0.39 is 11.8 Å². The van der Waals surface area contributed by atoms with Gasteiger partial charge in [0.05, 0.1) is 0 Å². The number of nitrogens with one attached hydrogen (secondary N) is 3. The van der Waals surface area contributed by atoms with Gasteiger partial charge in [-0.05, 0) is 52.3 Å². The Bertz CT molecular complexity index is 1000. The van der Waals surface area contributed by atoms with Crippen LogP contribution in [0.3, 0.4) is 0 Å². The first-order valence-electron chi connectivity index (χ1n) is 11.1. The number of amides is 3. The zero-order chi connectivity index (χ0) is 24.8. The van der Waals surface area contributed by atoms with Crippen molar-refractivity contribution in [2.75, 3.05) is 11.9 Å². The Morgan fingerprint density at radius 2 is 1.45 bits per heavy atom. The van der Waals surface area contributed by atoms with Crippen molar-refractivity contribution in [2.45, 2.75) is 65.7 Å². The highest BCUT2D eigenvalue weighted by molar-refractivity contribution is 5.96. The number of rotatable bonds is 6. The summed E-state index contributed by atoms with van der Waals surface area (Å²) < 4.78 is 5.79. The van der Waals surface area contributed by atoms with Crippen LogP contribution in [0.15, 0.2) is 42.5 Å². The summed E-state index contributed by atoms with van der Waals surface area (Å²) in [6, 6.07) is 12.4. The van der Waals surface area contributed by atoms with Crippen LogP contribution in [0.25, 0.3) is 0 Å². The smallest absolute Gasteiger partial charge is 0.276 e. The van der Waals surface area contributed by atoms with Crippen LogP contribution in [-0.2, 0) is 20.4 Å². The summed E-state index contributed by atoms with van der Waals surface area (Å²) >= 11 is 0. The molecule has 0 aromatic heterocycles. The molecule has 0 radical (unpaired) electrons. The lowest BCUT2D eigenvalue weighted by Crippen LogP contribution is -2.43. The van der Waals surface area contributed by atoms with Gasteiger partial charge < -0.3 is 10.1 Å². The van der Waals surface area contributed by atoms with Gasteiger partial charge in [-0.25, -0.2) is 0 Å². The molecule has 0 heterocycles. The summed E-state index contributed by atoms with van der Waals surface area (Å²) in [7, 11) is 0. The van der Waals surface area contributed by atoms with Gasteiger partial charge in [-0.3, -0.25) is 25.2 Å². The van der Waals surface area contributed by atoms with Gasteiger partial charge in [0, 0.05) is 17.7 Å². The summed E-state index contributed by atoms with van der Waals surface area (Å²) in [6.07, 6.45) is 0.369. The van der Waals surface area contributed by atoms with Crippen LogP contribution in [0.5, 0.6) is 5.75 Å². The molecule has 3 amide bonds. The highest BCUT2D eigenvalue weighted by Crippen LogP contribution is 2.35. The minimum Gasteiger partial charge on any atom is -0.483 e. The lowest BCUT2D eigenvalue weighted by Gasteiger charge is -2.27. The molecule has 2 aromatic rings. The topological polar surface area (TPSA) is 96.5 Å². The van der Waals surface area contributed by atoms with E-state index in [9.17, 15) is 14.4 Å². The Morgan fingerprint density at radius 1 is 0.818 bits per heavy atom. The molecule has 0 saturated heterocycles. The second-order valence-electron chi connectivity index (χ2n) is 9.98. The number of hydrogen-bond donors (Lipinski definition) is 3. The van der Waals surface area contributed by atoms with Crippen molar-refractivity contribution in [3.8, 4) is 5.75 Å². The summed E-state index contributed by atoms with van der Waals surface area (Å²) in [5.74, 6) is -0.416. The van der Waals surface area contributed by atoms with Crippen molar-refractivity contribution < 1.29 is 19.1 Å². The van der Waals surface area contributed by atoms with Crippen LogP contribution in [0, 0.1) is 0 Å². The first kappa shape index (κ1) is 25.9. The van der Waals surface area contributed by atoms with Crippen molar-refractivity contribution in [3.05, 3.63) is 59.2 Å². The molecular formula is C26H35N3O4. The van der Waals surface area contributed by atoms with Gasteiger partial charge in [-0.2, -0.15) is 0 Å². The van der Waals surface area contributed by atoms with E-state index >= 15 is 0 Å². The number of hydrogen-bond acceptors (Lipinski definition) is 4. The molecule has 0 aliphatic carbocycles. The SMILES string of the molecule is CCC(=O)Nc1ccc(C(=O)NNC(=O)COc2ccc(C(C)(C)C)cc2C(C)(C)C)cc1. The maximum atomic E-state index is 12.3. The molecule has 2 aromatic carbocycles. The lowest BCUT2D eigenvalue weighted by atomic mass is 9.80. The average molecular weight is 454 g/mol. The standard InChI is InChI=1S/C26H35N3O4/c1-8-22(30)27-19-12-9-17(10-13-19)24(32)29-28-23(31)16-33-21-14-11-18(25(2,3)4)15-20(21)26(5,6)7/h9-15H,8,16H2,1-7H3,(H,27,30)(H,28,31)(H,29,32). The number of benzene rings is 2. The van der Waals surface area contributed by atoms with Crippen LogP contribution in [0.4, 0.5) is 5.69 Å².